The largest absolute Gasteiger partial charge is 0.355 e. The van der Waals surface area contributed by atoms with Crippen LogP contribution in [0, 0.1) is 0 Å². The van der Waals surface area contributed by atoms with Crippen LogP contribution in [0.1, 0.15) is 35.2 Å². The molecule has 2 heterocycles. The van der Waals surface area contributed by atoms with Gasteiger partial charge < -0.3 is 9.72 Å². The number of aryl methyl sites for hydroxylation is 1. The van der Waals surface area contributed by atoms with Crippen molar-refractivity contribution in [3.05, 3.63) is 77.1 Å². The second kappa shape index (κ2) is 7.14. The van der Waals surface area contributed by atoms with E-state index in [2.05, 4.69) is 34.1 Å². The summed E-state index contributed by atoms with van der Waals surface area (Å²) < 4.78 is 2.36. The van der Waals surface area contributed by atoms with Crippen LogP contribution in [0.25, 0.3) is 5.52 Å². The molecule has 1 aromatic carbocycles. The van der Waals surface area contributed by atoms with Crippen LogP contribution in [0.4, 0.5) is 0 Å². The first-order valence-corrected chi connectivity index (χ1v) is 9.23. The molecule has 0 aliphatic heterocycles. The Kier molecular flexibility index (Phi) is 4.55. The summed E-state index contributed by atoms with van der Waals surface area (Å²) in [5.74, 6) is 0.101. The van der Waals surface area contributed by atoms with E-state index in [1.807, 2.05) is 30.3 Å². The smallest absolute Gasteiger partial charge is 0.224 e. The van der Waals surface area contributed by atoms with Crippen molar-refractivity contribution in [1.82, 2.24) is 9.72 Å². The number of pyridine rings is 1. The molecule has 1 aliphatic rings. The van der Waals surface area contributed by atoms with Crippen LogP contribution < -0.4 is 5.32 Å². The van der Waals surface area contributed by atoms with Gasteiger partial charge in [-0.15, -0.1) is 0 Å². The maximum atomic E-state index is 12.2. The van der Waals surface area contributed by atoms with Crippen LogP contribution in [0.5, 0.6) is 0 Å². The zero-order valence-electron chi connectivity index (χ0n) is 14.5. The molecule has 3 heteroatoms. The summed E-state index contributed by atoms with van der Waals surface area (Å²) in [6.07, 6.45) is 8.43. The van der Waals surface area contributed by atoms with Gasteiger partial charge in [-0.1, -0.05) is 36.4 Å². The number of rotatable bonds is 5. The first-order valence-electron chi connectivity index (χ1n) is 9.23. The molecule has 0 spiro atoms. The van der Waals surface area contributed by atoms with Crippen molar-refractivity contribution in [3.63, 3.8) is 0 Å². The second-order valence-electron chi connectivity index (χ2n) is 6.83. The van der Waals surface area contributed by atoms with E-state index in [0.29, 0.717) is 13.0 Å². The SMILES string of the molecule is O=C(Cc1ccccc1)NCCc1c2c(n3ccccc13)CCCC2. The fourth-order valence-corrected chi connectivity index (χ4v) is 4.01. The highest BCUT2D eigenvalue weighted by atomic mass is 16.1. The van der Waals surface area contributed by atoms with E-state index in [1.54, 1.807) is 0 Å². The standard InChI is InChI=1S/C22H24N2O/c25-22(16-17-8-2-1-3-9-17)23-14-13-19-18-10-4-5-11-20(18)24-15-7-6-12-21(19)24/h1-3,6-9,12,15H,4-5,10-11,13-14,16H2,(H,23,25). The third kappa shape index (κ3) is 3.32. The molecular formula is C22H24N2O. The van der Waals surface area contributed by atoms with E-state index in [1.165, 1.54) is 48.0 Å². The lowest BCUT2D eigenvalue weighted by Crippen LogP contribution is -2.27. The highest BCUT2D eigenvalue weighted by molar-refractivity contribution is 5.78. The minimum atomic E-state index is 0.101. The number of nitrogens with zero attached hydrogens (tertiary/aromatic N) is 1. The topological polar surface area (TPSA) is 33.5 Å². The summed E-state index contributed by atoms with van der Waals surface area (Å²) in [6.45, 7) is 0.701. The van der Waals surface area contributed by atoms with Gasteiger partial charge in [0.15, 0.2) is 0 Å². The van der Waals surface area contributed by atoms with Crippen molar-refractivity contribution in [2.24, 2.45) is 0 Å². The van der Waals surface area contributed by atoms with Gasteiger partial charge in [0.05, 0.1) is 6.42 Å². The molecule has 128 valence electrons. The number of amides is 1. The predicted molar refractivity (Wildman–Crippen MR) is 101 cm³/mol. The van der Waals surface area contributed by atoms with Crippen LogP contribution in [-0.2, 0) is 30.5 Å². The summed E-state index contributed by atoms with van der Waals surface area (Å²) in [5.41, 5.74) is 6.80. The summed E-state index contributed by atoms with van der Waals surface area (Å²) in [6, 6.07) is 16.3. The Balaban J connectivity index is 1.45. The lowest BCUT2D eigenvalue weighted by Gasteiger charge is -2.13. The van der Waals surface area contributed by atoms with Crippen molar-refractivity contribution in [2.45, 2.75) is 38.5 Å². The number of fused-ring (bicyclic) bond motifs is 3. The lowest BCUT2D eigenvalue weighted by molar-refractivity contribution is -0.120. The minimum absolute atomic E-state index is 0.101. The Hall–Kier alpha value is -2.55. The molecule has 0 fully saturated rings. The Labute approximate surface area is 148 Å². The van der Waals surface area contributed by atoms with Crippen LogP contribution >= 0.6 is 0 Å². The number of aromatic nitrogens is 1. The molecule has 1 aliphatic carbocycles. The fraction of sp³-hybridized carbons (Fsp3) is 0.318. The molecule has 0 atom stereocenters. The number of nitrogens with one attached hydrogen (secondary N) is 1. The molecule has 2 aromatic heterocycles. The van der Waals surface area contributed by atoms with Crippen LogP contribution in [0.15, 0.2) is 54.7 Å². The fourth-order valence-electron chi connectivity index (χ4n) is 4.01. The number of hydrogen-bond donors (Lipinski definition) is 1. The maximum Gasteiger partial charge on any atom is 0.224 e. The van der Waals surface area contributed by atoms with Crippen molar-refractivity contribution in [1.29, 1.82) is 0 Å². The number of carbonyl (C=O) groups excluding carboxylic acids is 1. The average molecular weight is 332 g/mol. The van der Waals surface area contributed by atoms with Gasteiger partial charge in [-0.05, 0) is 60.9 Å². The Morgan fingerprint density at radius 2 is 1.80 bits per heavy atom. The lowest BCUT2D eigenvalue weighted by atomic mass is 9.93. The zero-order chi connectivity index (χ0) is 17.1. The molecule has 1 N–H and O–H groups in total. The quantitative estimate of drug-likeness (QED) is 0.759. The highest BCUT2D eigenvalue weighted by Crippen LogP contribution is 2.30. The Morgan fingerprint density at radius 3 is 2.68 bits per heavy atom. The van der Waals surface area contributed by atoms with Gasteiger partial charge in [0.25, 0.3) is 0 Å². The zero-order valence-corrected chi connectivity index (χ0v) is 14.5. The molecule has 1 amide bonds. The highest BCUT2D eigenvalue weighted by Gasteiger charge is 2.20. The number of benzene rings is 1. The third-order valence-corrected chi connectivity index (χ3v) is 5.17. The number of hydrogen-bond acceptors (Lipinski definition) is 1. The van der Waals surface area contributed by atoms with Crippen LogP contribution in [0.3, 0.4) is 0 Å². The summed E-state index contributed by atoms with van der Waals surface area (Å²) >= 11 is 0. The molecule has 3 aromatic rings. The maximum absolute atomic E-state index is 12.2. The molecule has 0 saturated carbocycles. The van der Waals surface area contributed by atoms with Gasteiger partial charge in [0.2, 0.25) is 5.91 Å². The second-order valence-corrected chi connectivity index (χ2v) is 6.83. The monoisotopic (exact) mass is 332 g/mol. The Morgan fingerprint density at radius 1 is 1.00 bits per heavy atom. The summed E-state index contributed by atoms with van der Waals surface area (Å²) in [4.78, 5) is 12.2. The summed E-state index contributed by atoms with van der Waals surface area (Å²) in [5, 5.41) is 3.09. The van der Waals surface area contributed by atoms with Crippen molar-refractivity contribution in [3.8, 4) is 0 Å². The van der Waals surface area contributed by atoms with Gasteiger partial charge >= 0.3 is 0 Å². The normalized spacial score (nSPS) is 13.6. The van der Waals surface area contributed by atoms with Crippen molar-refractivity contribution >= 4 is 11.4 Å². The van der Waals surface area contributed by atoms with Gasteiger partial charge in [-0.3, -0.25) is 4.79 Å². The third-order valence-electron chi connectivity index (χ3n) is 5.17. The van der Waals surface area contributed by atoms with Crippen molar-refractivity contribution < 1.29 is 4.79 Å². The minimum Gasteiger partial charge on any atom is -0.355 e. The van der Waals surface area contributed by atoms with E-state index >= 15 is 0 Å². The molecule has 0 bridgehead atoms. The van der Waals surface area contributed by atoms with E-state index < -0.39 is 0 Å². The number of carbonyl (C=O) groups is 1. The van der Waals surface area contributed by atoms with Crippen LogP contribution in [0.2, 0.25) is 0 Å². The van der Waals surface area contributed by atoms with Gasteiger partial charge in [0.1, 0.15) is 0 Å². The first kappa shape index (κ1) is 15.9. The molecule has 0 saturated heterocycles. The molecular weight excluding hydrogens is 308 g/mol. The van der Waals surface area contributed by atoms with Gasteiger partial charge in [-0.25, -0.2) is 0 Å². The molecule has 25 heavy (non-hydrogen) atoms. The van der Waals surface area contributed by atoms with Crippen molar-refractivity contribution in [2.75, 3.05) is 6.54 Å². The molecule has 0 unspecified atom stereocenters. The average Bonchev–Trinajstić information content (AvgIpc) is 2.97. The van der Waals surface area contributed by atoms with E-state index in [0.717, 1.165) is 12.0 Å². The molecule has 0 radical (unpaired) electrons. The van der Waals surface area contributed by atoms with E-state index in [-0.39, 0.29) is 5.91 Å². The van der Waals surface area contributed by atoms with Crippen LogP contribution in [-0.4, -0.2) is 16.9 Å². The van der Waals surface area contributed by atoms with E-state index in [9.17, 15) is 4.79 Å². The molecule has 4 rings (SSSR count). The van der Waals surface area contributed by atoms with E-state index in [4.69, 9.17) is 0 Å². The predicted octanol–water partition coefficient (Wildman–Crippen LogP) is 3.72. The molecule has 3 nitrogen and oxygen atoms in total. The van der Waals surface area contributed by atoms with Gasteiger partial charge in [-0.2, -0.15) is 0 Å². The summed E-state index contributed by atoms with van der Waals surface area (Å²) in [7, 11) is 0. The first-order chi connectivity index (χ1) is 12.3. The Bertz CT molecular complexity index is 880. The van der Waals surface area contributed by atoms with Gasteiger partial charge in [0, 0.05) is 24.0 Å².